The van der Waals surface area contributed by atoms with Crippen molar-refractivity contribution in [3.8, 4) is 0 Å². The maximum absolute atomic E-state index is 12.3. The summed E-state index contributed by atoms with van der Waals surface area (Å²) in [6.07, 6.45) is 1.52. The van der Waals surface area contributed by atoms with Crippen LogP contribution in [0.1, 0.15) is 5.56 Å². The van der Waals surface area contributed by atoms with Crippen LogP contribution in [0.15, 0.2) is 50.4 Å². The van der Waals surface area contributed by atoms with Gasteiger partial charge in [-0.25, -0.2) is 13.4 Å². The Balaban J connectivity index is 2.40. The molecule has 1 heterocycles. The standard InChI is InChI=1S/C12H10Br2N2O2S/c1-8-2-3-9(13)6-11(8)19(17,18)16-12-7-10(14)4-5-15-12/h2-7H,1H3,(H,15,16). The Morgan fingerprint density at radius 2 is 1.79 bits per heavy atom. The largest absolute Gasteiger partial charge is 0.263 e. The number of aryl methyl sites for hydroxylation is 1. The van der Waals surface area contributed by atoms with Gasteiger partial charge in [-0.1, -0.05) is 37.9 Å². The maximum Gasteiger partial charge on any atom is 0.263 e. The van der Waals surface area contributed by atoms with Crippen molar-refractivity contribution in [1.29, 1.82) is 0 Å². The zero-order chi connectivity index (χ0) is 14.0. The van der Waals surface area contributed by atoms with E-state index in [-0.39, 0.29) is 10.7 Å². The van der Waals surface area contributed by atoms with Gasteiger partial charge in [0.2, 0.25) is 0 Å². The lowest BCUT2D eigenvalue weighted by Gasteiger charge is -2.10. The SMILES string of the molecule is Cc1ccc(Br)cc1S(=O)(=O)Nc1cc(Br)ccn1. The quantitative estimate of drug-likeness (QED) is 0.846. The van der Waals surface area contributed by atoms with Gasteiger partial charge in [-0.15, -0.1) is 0 Å². The van der Waals surface area contributed by atoms with Gasteiger partial charge < -0.3 is 0 Å². The van der Waals surface area contributed by atoms with E-state index < -0.39 is 10.0 Å². The first-order valence-electron chi connectivity index (χ1n) is 5.29. The summed E-state index contributed by atoms with van der Waals surface area (Å²) in [6.45, 7) is 1.75. The van der Waals surface area contributed by atoms with Crippen molar-refractivity contribution in [1.82, 2.24) is 4.98 Å². The molecule has 1 N–H and O–H groups in total. The smallest absolute Gasteiger partial charge is 0.263 e. The fourth-order valence-electron chi connectivity index (χ4n) is 1.52. The molecule has 0 saturated carbocycles. The van der Waals surface area contributed by atoms with E-state index in [2.05, 4.69) is 41.6 Å². The third-order valence-corrected chi connectivity index (χ3v) is 4.88. The molecule has 2 aromatic rings. The fourth-order valence-corrected chi connectivity index (χ4v) is 3.64. The molecule has 0 bridgehead atoms. The van der Waals surface area contributed by atoms with Crippen LogP contribution in [0.4, 0.5) is 5.82 Å². The molecule has 0 radical (unpaired) electrons. The number of aromatic nitrogens is 1. The van der Waals surface area contributed by atoms with Crippen LogP contribution in [0, 0.1) is 6.92 Å². The van der Waals surface area contributed by atoms with Gasteiger partial charge in [-0.05, 0) is 36.8 Å². The number of pyridine rings is 1. The van der Waals surface area contributed by atoms with Crippen molar-refractivity contribution >= 4 is 47.7 Å². The van der Waals surface area contributed by atoms with Crippen molar-refractivity contribution in [2.45, 2.75) is 11.8 Å². The van der Waals surface area contributed by atoms with Gasteiger partial charge in [-0.3, -0.25) is 4.72 Å². The molecule has 0 atom stereocenters. The first kappa shape index (κ1) is 14.5. The first-order chi connectivity index (χ1) is 8.88. The van der Waals surface area contributed by atoms with Crippen LogP contribution in [0.25, 0.3) is 0 Å². The topological polar surface area (TPSA) is 59.1 Å². The lowest BCUT2D eigenvalue weighted by Crippen LogP contribution is -2.15. The Morgan fingerprint density at radius 3 is 2.47 bits per heavy atom. The highest BCUT2D eigenvalue weighted by Crippen LogP contribution is 2.23. The van der Waals surface area contributed by atoms with Gasteiger partial charge >= 0.3 is 0 Å². The summed E-state index contributed by atoms with van der Waals surface area (Å²) in [4.78, 5) is 4.20. The highest BCUT2D eigenvalue weighted by molar-refractivity contribution is 9.10. The molecule has 100 valence electrons. The molecule has 1 aromatic heterocycles. The molecule has 19 heavy (non-hydrogen) atoms. The minimum atomic E-state index is -3.65. The predicted molar refractivity (Wildman–Crippen MR) is 81.6 cm³/mol. The van der Waals surface area contributed by atoms with Crippen LogP contribution in [0.2, 0.25) is 0 Å². The number of hydrogen-bond donors (Lipinski definition) is 1. The van der Waals surface area contributed by atoms with Gasteiger partial charge in [0, 0.05) is 15.1 Å². The zero-order valence-electron chi connectivity index (χ0n) is 9.89. The van der Waals surface area contributed by atoms with Crippen LogP contribution in [-0.4, -0.2) is 13.4 Å². The average molecular weight is 406 g/mol. The third kappa shape index (κ3) is 3.55. The molecular weight excluding hydrogens is 396 g/mol. The molecule has 0 fully saturated rings. The van der Waals surface area contributed by atoms with E-state index >= 15 is 0 Å². The summed E-state index contributed by atoms with van der Waals surface area (Å²) in [6, 6.07) is 8.43. The van der Waals surface area contributed by atoms with Crippen molar-refractivity contribution in [2.75, 3.05) is 4.72 Å². The first-order valence-corrected chi connectivity index (χ1v) is 8.36. The van der Waals surface area contributed by atoms with Gasteiger partial charge in [-0.2, -0.15) is 0 Å². The van der Waals surface area contributed by atoms with E-state index in [1.165, 1.54) is 6.20 Å². The van der Waals surface area contributed by atoms with E-state index in [1.807, 2.05) is 0 Å². The Kier molecular flexibility index (Phi) is 4.27. The Labute approximate surface area is 128 Å². The maximum atomic E-state index is 12.3. The molecule has 0 spiro atoms. The predicted octanol–water partition coefficient (Wildman–Crippen LogP) is 3.72. The molecule has 2 rings (SSSR count). The lowest BCUT2D eigenvalue weighted by molar-refractivity contribution is 0.600. The zero-order valence-corrected chi connectivity index (χ0v) is 13.9. The molecule has 1 aromatic carbocycles. The summed E-state index contributed by atoms with van der Waals surface area (Å²) < 4.78 is 28.5. The van der Waals surface area contributed by atoms with Crippen molar-refractivity contribution < 1.29 is 8.42 Å². The van der Waals surface area contributed by atoms with E-state index in [0.717, 1.165) is 4.47 Å². The third-order valence-electron chi connectivity index (χ3n) is 2.40. The average Bonchev–Trinajstić information content (AvgIpc) is 2.31. The summed E-state index contributed by atoms with van der Waals surface area (Å²) in [5.41, 5.74) is 0.672. The Bertz CT molecular complexity index is 717. The number of nitrogens with zero attached hydrogens (tertiary/aromatic N) is 1. The number of halogens is 2. The van der Waals surface area contributed by atoms with E-state index in [4.69, 9.17) is 0 Å². The second kappa shape index (κ2) is 5.60. The van der Waals surface area contributed by atoms with E-state index in [0.29, 0.717) is 10.0 Å². The summed E-state index contributed by atoms with van der Waals surface area (Å²) >= 11 is 6.54. The number of anilines is 1. The van der Waals surface area contributed by atoms with E-state index in [1.54, 1.807) is 37.3 Å². The van der Waals surface area contributed by atoms with Crippen molar-refractivity contribution in [2.24, 2.45) is 0 Å². The van der Waals surface area contributed by atoms with Crippen LogP contribution in [-0.2, 0) is 10.0 Å². The summed E-state index contributed by atoms with van der Waals surface area (Å²) in [5, 5.41) is 0. The lowest BCUT2D eigenvalue weighted by atomic mass is 10.2. The number of nitrogens with one attached hydrogen (secondary N) is 1. The van der Waals surface area contributed by atoms with Crippen LogP contribution in [0.5, 0.6) is 0 Å². The normalized spacial score (nSPS) is 11.3. The summed E-state index contributed by atoms with van der Waals surface area (Å²) in [7, 11) is -3.65. The molecule has 0 aliphatic carbocycles. The molecule has 0 amide bonds. The minimum Gasteiger partial charge on any atom is -0.263 e. The molecule has 0 aliphatic heterocycles. The van der Waals surface area contributed by atoms with Crippen LogP contribution >= 0.6 is 31.9 Å². The number of sulfonamides is 1. The van der Waals surface area contributed by atoms with Gasteiger partial charge in [0.15, 0.2) is 0 Å². The fraction of sp³-hybridized carbons (Fsp3) is 0.0833. The number of hydrogen-bond acceptors (Lipinski definition) is 3. The van der Waals surface area contributed by atoms with Crippen LogP contribution in [0.3, 0.4) is 0 Å². The summed E-state index contributed by atoms with van der Waals surface area (Å²) in [5.74, 6) is 0.272. The van der Waals surface area contributed by atoms with Gasteiger partial charge in [0.05, 0.1) is 4.90 Å². The molecule has 7 heteroatoms. The number of benzene rings is 1. The minimum absolute atomic E-state index is 0.226. The number of rotatable bonds is 3. The monoisotopic (exact) mass is 404 g/mol. The molecule has 4 nitrogen and oxygen atoms in total. The Morgan fingerprint density at radius 1 is 1.11 bits per heavy atom. The van der Waals surface area contributed by atoms with Gasteiger partial charge in [0.25, 0.3) is 10.0 Å². The highest BCUT2D eigenvalue weighted by Gasteiger charge is 2.17. The highest BCUT2D eigenvalue weighted by atomic mass is 79.9. The second-order valence-corrected chi connectivity index (χ2v) is 7.36. The molecule has 0 saturated heterocycles. The van der Waals surface area contributed by atoms with E-state index in [9.17, 15) is 8.42 Å². The van der Waals surface area contributed by atoms with Gasteiger partial charge in [0.1, 0.15) is 5.82 Å². The van der Waals surface area contributed by atoms with Crippen LogP contribution < -0.4 is 4.72 Å². The second-order valence-electron chi connectivity index (χ2n) is 3.87. The van der Waals surface area contributed by atoms with Crippen molar-refractivity contribution in [3.63, 3.8) is 0 Å². The molecule has 0 aliphatic rings. The molecule has 0 unspecified atom stereocenters. The molecular formula is C12H10Br2N2O2S. The van der Waals surface area contributed by atoms with Crippen molar-refractivity contribution in [3.05, 3.63) is 51.0 Å². The Hall–Kier alpha value is -0.920.